The second-order valence-corrected chi connectivity index (χ2v) is 7.96. The van der Waals surface area contributed by atoms with Crippen molar-refractivity contribution < 1.29 is 18.3 Å². The predicted molar refractivity (Wildman–Crippen MR) is 124 cm³/mol. The van der Waals surface area contributed by atoms with E-state index < -0.39 is 23.6 Å². The second-order valence-electron chi connectivity index (χ2n) is 7.96. The van der Waals surface area contributed by atoms with E-state index in [2.05, 4.69) is 15.4 Å². The number of aryl methyl sites for hydroxylation is 2. The normalized spacial score (nSPS) is 11.8. The lowest BCUT2D eigenvalue weighted by molar-refractivity contribution is 0.0938. The molecule has 0 fully saturated rings. The first-order chi connectivity index (χ1) is 16.8. The first-order valence-corrected chi connectivity index (χ1v) is 10.7. The number of nitrogens with one attached hydrogen (secondary N) is 1. The Balaban J connectivity index is 1.64. The number of carbonyl (C=O) groups is 1. The predicted octanol–water partition coefficient (Wildman–Crippen LogP) is 3.50. The molecular formula is C25H22F2N6O2. The lowest BCUT2D eigenvalue weighted by Crippen LogP contribution is -2.34. The second kappa shape index (κ2) is 9.87. The Labute approximate surface area is 200 Å². The van der Waals surface area contributed by atoms with Crippen molar-refractivity contribution >= 4 is 11.4 Å². The van der Waals surface area contributed by atoms with Crippen LogP contribution in [0.15, 0.2) is 48.7 Å². The van der Waals surface area contributed by atoms with E-state index in [-0.39, 0.29) is 24.6 Å². The van der Waals surface area contributed by atoms with Gasteiger partial charge in [-0.05, 0) is 49.7 Å². The summed E-state index contributed by atoms with van der Waals surface area (Å²) in [5, 5.41) is 16.2. The topological polar surface area (TPSA) is 118 Å². The first kappa shape index (κ1) is 23.8. The molecule has 178 valence electrons. The van der Waals surface area contributed by atoms with E-state index in [1.165, 1.54) is 16.8 Å². The number of halogens is 2. The average Bonchev–Trinajstić information content (AvgIpc) is 3.17. The smallest absolute Gasteiger partial charge is 0.255 e. The summed E-state index contributed by atoms with van der Waals surface area (Å²) in [7, 11) is 0. The molecule has 3 heterocycles. The molecule has 3 N–H and O–H groups in total. The lowest BCUT2D eigenvalue weighted by Gasteiger charge is -2.16. The number of rotatable bonds is 7. The maximum Gasteiger partial charge on any atom is 0.255 e. The van der Waals surface area contributed by atoms with Gasteiger partial charge in [0.15, 0.2) is 0 Å². The highest BCUT2D eigenvalue weighted by molar-refractivity contribution is 6.02. The van der Waals surface area contributed by atoms with Crippen molar-refractivity contribution in [3.05, 3.63) is 93.9 Å². The van der Waals surface area contributed by atoms with E-state index in [1.807, 2.05) is 13.0 Å². The Morgan fingerprint density at radius 1 is 1.23 bits per heavy atom. The molecule has 0 aliphatic rings. The highest BCUT2D eigenvalue weighted by Crippen LogP contribution is 2.25. The van der Waals surface area contributed by atoms with Crippen LogP contribution in [0.4, 0.5) is 8.78 Å². The summed E-state index contributed by atoms with van der Waals surface area (Å²) < 4.78 is 35.2. The third kappa shape index (κ3) is 4.81. The molecule has 10 heteroatoms. The van der Waals surface area contributed by atoms with Gasteiger partial charge in [0, 0.05) is 18.8 Å². The number of nitriles is 1. The van der Waals surface area contributed by atoms with Crippen LogP contribution in [0.25, 0.3) is 5.52 Å². The maximum absolute atomic E-state index is 14.0. The molecule has 1 amide bonds. The highest BCUT2D eigenvalue weighted by Gasteiger charge is 2.23. The fourth-order valence-electron chi connectivity index (χ4n) is 3.72. The third-order valence-electron chi connectivity index (χ3n) is 5.49. The van der Waals surface area contributed by atoms with Crippen LogP contribution in [0, 0.1) is 36.8 Å². The summed E-state index contributed by atoms with van der Waals surface area (Å²) in [5.41, 5.74) is 8.55. The Morgan fingerprint density at radius 3 is 2.60 bits per heavy atom. The molecule has 0 radical (unpaired) electrons. The summed E-state index contributed by atoms with van der Waals surface area (Å²) in [4.78, 5) is 17.5. The molecule has 0 saturated heterocycles. The minimum atomic E-state index is -0.713. The van der Waals surface area contributed by atoms with Crippen LogP contribution in [0.5, 0.6) is 5.88 Å². The van der Waals surface area contributed by atoms with Crippen LogP contribution < -0.4 is 15.8 Å². The highest BCUT2D eigenvalue weighted by atomic mass is 19.1. The molecule has 1 unspecified atom stereocenters. The zero-order chi connectivity index (χ0) is 25.1. The molecule has 1 aromatic carbocycles. The minimum Gasteiger partial charge on any atom is -0.473 e. The van der Waals surface area contributed by atoms with Crippen molar-refractivity contribution in [2.45, 2.75) is 26.5 Å². The largest absolute Gasteiger partial charge is 0.473 e. The zero-order valence-electron chi connectivity index (χ0n) is 19.0. The van der Waals surface area contributed by atoms with Gasteiger partial charge in [-0.25, -0.2) is 8.78 Å². The van der Waals surface area contributed by atoms with Crippen LogP contribution in [-0.4, -0.2) is 27.0 Å². The molecule has 0 aliphatic heterocycles. The third-order valence-corrected chi connectivity index (χ3v) is 5.49. The van der Waals surface area contributed by atoms with Crippen LogP contribution in [0.2, 0.25) is 0 Å². The Hall–Kier alpha value is -4.36. The molecule has 3 aromatic heterocycles. The van der Waals surface area contributed by atoms with Crippen LogP contribution in [-0.2, 0) is 6.61 Å². The molecular weight excluding hydrogens is 454 g/mol. The van der Waals surface area contributed by atoms with Crippen LogP contribution in [0.1, 0.15) is 44.5 Å². The fourth-order valence-corrected chi connectivity index (χ4v) is 3.72. The van der Waals surface area contributed by atoms with Crippen LogP contribution >= 0.6 is 0 Å². The lowest BCUT2D eigenvalue weighted by atomic mass is 10.1. The number of carbonyl (C=O) groups excluding carboxylic acids is 1. The van der Waals surface area contributed by atoms with Crippen molar-refractivity contribution in [3.63, 3.8) is 0 Å². The minimum absolute atomic E-state index is 0.0878. The Morgan fingerprint density at radius 2 is 1.97 bits per heavy atom. The Bertz CT molecular complexity index is 1420. The van der Waals surface area contributed by atoms with Gasteiger partial charge in [-0.15, -0.1) is 0 Å². The average molecular weight is 476 g/mol. The zero-order valence-corrected chi connectivity index (χ0v) is 19.0. The number of ether oxygens (including phenoxy) is 1. The number of nitrogens with zero attached hydrogens (tertiary/aromatic N) is 4. The van der Waals surface area contributed by atoms with Crippen molar-refractivity contribution in [2.75, 3.05) is 6.54 Å². The van der Waals surface area contributed by atoms with E-state index in [9.17, 15) is 13.6 Å². The van der Waals surface area contributed by atoms with Gasteiger partial charge >= 0.3 is 0 Å². The quantitative estimate of drug-likeness (QED) is 0.422. The number of pyridine rings is 2. The number of amides is 1. The van der Waals surface area contributed by atoms with Gasteiger partial charge in [0.1, 0.15) is 24.3 Å². The van der Waals surface area contributed by atoms with Gasteiger partial charge in [-0.2, -0.15) is 14.9 Å². The van der Waals surface area contributed by atoms with Crippen molar-refractivity contribution in [3.8, 4) is 11.9 Å². The molecule has 8 nitrogen and oxygen atoms in total. The fraction of sp³-hybridized carbons (Fsp3) is 0.200. The molecule has 35 heavy (non-hydrogen) atoms. The molecule has 0 saturated carbocycles. The summed E-state index contributed by atoms with van der Waals surface area (Å²) in [6.07, 6.45) is 1.41. The van der Waals surface area contributed by atoms with Gasteiger partial charge in [0.05, 0.1) is 39.6 Å². The molecule has 4 aromatic rings. The molecule has 0 bridgehead atoms. The summed E-state index contributed by atoms with van der Waals surface area (Å²) >= 11 is 0. The number of nitrogens with two attached hydrogens (primary N) is 1. The number of fused-ring (bicyclic) bond motifs is 1. The summed E-state index contributed by atoms with van der Waals surface area (Å²) in [6.45, 7) is 3.22. The SMILES string of the molecule is Cc1cc(OCc2c(F)cccc2F)n2nc(C)c(C(=O)NC(CN)c3ccc(C#N)cn3)c2c1. The van der Waals surface area contributed by atoms with Crippen molar-refractivity contribution in [2.24, 2.45) is 5.73 Å². The van der Waals surface area contributed by atoms with Crippen molar-refractivity contribution in [1.29, 1.82) is 5.26 Å². The number of hydrogen-bond acceptors (Lipinski definition) is 6. The van der Waals surface area contributed by atoms with Gasteiger partial charge in [0.2, 0.25) is 5.88 Å². The first-order valence-electron chi connectivity index (χ1n) is 10.7. The van der Waals surface area contributed by atoms with Crippen LogP contribution in [0.3, 0.4) is 0 Å². The number of hydrogen-bond donors (Lipinski definition) is 2. The van der Waals surface area contributed by atoms with E-state index in [0.29, 0.717) is 28.0 Å². The maximum atomic E-state index is 14.0. The van der Waals surface area contributed by atoms with Crippen molar-refractivity contribution in [1.82, 2.24) is 19.9 Å². The van der Waals surface area contributed by atoms with E-state index in [4.69, 9.17) is 15.7 Å². The monoisotopic (exact) mass is 476 g/mol. The van der Waals surface area contributed by atoms with E-state index >= 15 is 0 Å². The van der Waals surface area contributed by atoms with Gasteiger partial charge in [-0.3, -0.25) is 9.78 Å². The summed E-state index contributed by atoms with van der Waals surface area (Å²) in [5.74, 6) is -1.62. The molecule has 0 aliphatic carbocycles. The Kier molecular flexibility index (Phi) is 6.71. The van der Waals surface area contributed by atoms with Gasteiger partial charge < -0.3 is 15.8 Å². The van der Waals surface area contributed by atoms with Gasteiger partial charge in [0.25, 0.3) is 5.91 Å². The number of benzene rings is 1. The van der Waals surface area contributed by atoms with Gasteiger partial charge in [-0.1, -0.05) is 6.07 Å². The van der Waals surface area contributed by atoms with E-state index in [1.54, 1.807) is 31.2 Å². The summed E-state index contributed by atoms with van der Waals surface area (Å²) in [6, 6.07) is 11.7. The van der Waals surface area contributed by atoms with E-state index in [0.717, 1.165) is 17.7 Å². The standard InChI is InChI=1S/C25H22F2N6O2/c1-14-8-22-24(25(34)31-21(11-29)20-7-6-16(10-28)12-30-20)15(2)32-33(22)23(9-14)35-13-17-18(26)4-3-5-19(17)27/h3-9,12,21H,11,13,29H2,1-2H3,(H,31,34). The molecule has 0 spiro atoms. The molecule has 1 atom stereocenters. The molecule has 4 rings (SSSR count). The number of aromatic nitrogens is 3.